The second kappa shape index (κ2) is 9.77. The maximum absolute atomic E-state index is 13.6. The van der Waals surface area contributed by atoms with Gasteiger partial charge in [-0.05, 0) is 60.5 Å². The van der Waals surface area contributed by atoms with Gasteiger partial charge in [0.15, 0.2) is 0 Å². The molecule has 8 heteroatoms. The number of carbonyl (C=O) groups excluding carboxylic acids is 1. The average molecular weight is 564 g/mol. The highest BCUT2D eigenvalue weighted by Crippen LogP contribution is 2.35. The number of aromatic nitrogens is 3. The van der Waals surface area contributed by atoms with Crippen molar-refractivity contribution in [1.29, 1.82) is 0 Å². The molecule has 0 bridgehead atoms. The van der Waals surface area contributed by atoms with Gasteiger partial charge in [0, 0.05) is 26.0 Å². The number of hydrogen-bond acceptors (Lipinski definition) is 5. The maximum Gasteiger partial charge on any atom is 0.213 e. The number of nitrogens with zero attached hydrogens (tertiary/aromatic N) is 3. The Morgan fingerprint density at radius 2 is 1.71 bits per heavy atom. The third kappa shape index (κ3) is 4.67. The number of nitrogens with two attached hydrogens (primary N) is 1. The van der Waals surface area contributed by atoms with Crippen molar-refractivity contribution in [3.8, 4) is 27.6 Å². The second-order valence-corrected chi connectivity index (χ2v) is 10.1. The summed E-state index contributed by atoms with van der Waals surface area (Å²) in [6, 6.07) is 22.7. The normalized spacial score (nSPS) is 11.1. The summed E-state index contributed by atoms with van der Waals surface area (Å²) in [6.45, 7) is 2.10. The zero-order valence-corrected chi connectivity index (χ0v) is 21.9. The number of carbonyl (C=O) groups is 1. The number of thiazole rings is 1. The fourth-order valence-corrected chi connectivity index (χ4v) is 4.96. The fourth-order valence-electron chi connectivity index (χ4n) is 3.74. The van der Waals surface area contributed by atoms with E-state index in [2.05, 4.69) is 22.9 Å². The Kier molecular flexibility index (Phi) is 6.56. The van der Waals surface area contributed by atoms with E-state index in [9.17, 15) is 4.79 Å². The number of ketones is 1. The van der Waals surface area contributed by atoms with Crippen LogP contribution in [0.25, 0.3) is 27.6 Å². The van der Waals surface area contributed by atoms with Crippen LogP contribution in [-0.2, 0) is 6.42 Å². The number of rotatable bonds is 6. The third-order valence-corrected chi connectivity index (χ3v) is 7.31. The van der Waals surface area contributed by atoms with Crippen molar-refractivity contribution in [3.05, 3.63) is 104 Å². The average Bonchev–Trinajstić information content (AvgIpc) is 3.49. The van der Waals surface area contributed by atoms with Crippen LogP contribution >= 0.6 is 38.9 Å². The van der Waals surface area contributed by atoms with Gasteiger partial charge in [0.1, 0.15) is 16.4 Å². The molecule has 0 fully saturated rings. The van der Waals surface area contributed by atoms with Gasteiger partial charge >= 0.3 is 0 Å². The van der Waals surface area contributed by atoms with Crippen LogP contribution in [0.15, 0.2) is 82.6 Å². The molecule has 0 aliphatic carbocycles. The van der Waals surface area contributed by atoms with Crippen molar-refractivity contribution >= 4 is 50.3 Å². The van der Waals surface area contributed by atoms with E-state index in [1.54, 1.807) is 16.8 Å². The molecule has 0 spiro atoms. The second-order valence-electron chi connectivity index (χ2n) is 7.92. The Morgan fingerprint density at radius 3 is 2.37 bits per heavy atom. The number of anilines is 1. The predicted molar refractivity (Wildman–Crippen MR) is 146 cm³/mol. The van der Waals surface area contributed by atoms with E-state index in [0.717, 1.165) is 27.8 Å². The SMILES string of the molecule is CCc1ccc(-n2nc(-c3nc(-c4ccc(Cl)cc4)cs3)c(N)c2C(=O)c2ccc(Br)cc2)cc1. The first kappa shape index (κ1) is 23.5. The van der Waals surface area contributed by atoms with Gasteiger partial charge in [-0.15, -0.1) is 11.3 Å². The van der Waals surface area contributed by atoms with Crippen molar-refractivity contribution in [2.75, 3.05) is 5.73 Å². The van der Waals surface area contributed by atoms with E-state index >= 15 is 0 Å². The van der Waals surface area contributed by atoms with Gasteiger partial charge in [-0.25, -0.2) is 9.67 Å². The smallest absolute Gasteiger partial charge is 0.213 e. The van der Waals surface area contributed by atoms with Crippen LogP contribution in [0.3, 0.4) is 0 Å². The van der Waals surface area contributed by atoms with Crippen LogP contribution in [0, 0.1) is 0 Å². The summed E-state index contributed by atoms with van der Waals surface area (Å²) in [5.74, 6) is -0.206. The first-order valence-electron chi connectivity index (χ1n) is 10.9. The summed E-state index contributed by atoms with van der Waals surface area (Å²) < 4.78 is 2.52. The minimum absolute atomic E-state index is 0.206. The molecule has 0 saturated heterocycles. The lowest BCUT2D eigenvalue weighted by Gasteiger charge is -2.08. The monoisotopic (exact) mass is 562 g/mol. The number of nitrogen functional groups attached to an aromatic ring is 1. The number of halogens is 2. The quantitative estimate of drug-likeness (QED) is 0.218. The highest BCUT2D eigenvalue weighted by atomic mass is 79.9. The van der Waals surface area contributed by atoms with E-state index in [1.807, 2.05) is 66.0 Å². The van der Waals surface area contributed by atoms with Crippen molar-refractivity contribution in [2.45, 2.75) is 13.3 Å². The van der Waals surface area contributed by atoms with Crippen LogP contribution in [0.4, 0.5) is 5.69 Å². The summed E-state index contributed by atoms with van der Waals surface area (Å²) >= 11 is 10.9. The Morgan fingerprint density at radius 1 is 1.03 bits per heavy atom. The van der Waals surface area contributed by atoms with Crippen molar-refractivity contribution in [1.82, 2.24) is 14.8 Å². The molecule has 5 rings (SSSR count). The Labute approximate surface area is 220 Å². The number of hydrogen-bond donors (Lipinski definition) is 1. The largest absolute Gasteiger partial charge is 0.395 e. The molecule has 2 N–H and O–H groups in total. The molecule has 174 valence electrons. The number of benzene rings is 3. The van der Waals surface area contributed by atoms with E-state index in [0.29, 0.717) is 32.7 Å². The molecule has 0 amide bonds. The third-order valence-electron chi connectivity index (χ3n) is 5.68. The van der Waals surface area contributed by atoms with Gasteiger partial charge in [0.05, 0.1) is 17.1 Å². The molecule has 0 aliphatic heterocycles. The van der Waals surface area contributed by atoms with Gasteiger partial charge in [0.25, 0.3) is 0 Å². The summed E-state index contributed by atoms with van der Waals surface area (Å²) in [4.78, 5) is 18.4. The minimum atomic E-state index is -0.206. The first-order chi connectivity index (χ1) is 16.9. The molecule has 2 heterocycles. The molecule has 0 atom stereocenters. The van der Waals surface area contributed by atoms with Crippen molar-refractivity contribution in [2.24, 2.45) is 0 Å². The van der Waals surface area contributed by atoms with E-state index < -0.39 is 0 Å². The van der Waals surface area contributed by atoms with Crippen LogP contribution in [0.1, 0.15) is 28.5 Å². The molecule has 0 radical (unpaired) electrons. The first-order valence-corrected chi connectivity index (χ1v) is 13.0. The molecule has 2 aromatic heterocycles. The van der Waals surface area contributed by atoms with E-state index in [-0.39, 0.29) is 5.78 Å². The standard InChI is InChI=1S/C27H20BrClN4OS/c1-2-16-3-13-21(14-4-16)33-25(26(34)18-5-9-19(28)10-6-18)23(30)24(32-33)27-31-22(15-35-27)17-7-11-20(29)12-8-17/h3-15H,2,30H2,1H3. The number of aryl methyl sites for hydroxylation is 1. The molecule has 0 saturated carbocycles. The van der Waals surface area contributed by atoms with Gasteiger partial charge in [-0.2, -0.15) is 5.10 Å². The fraction of sp³-hybridized carbons (Fsp3) is 0.0741. The van der Waals surface area contributed by atoms with Gasteiger partial charge in [-0.1, -0.05) is 58.7 Å². The van der Waals surface area contributed by atoms with Crippen molar-refractivity contribution in [3.63, 3.8) is 0 Å². The summed E-state index contributed by atoms with van der Waals surface area (Å²) in [5.41, 5.74) is 11.9. The highest BCUT2D eigenvalue weighted by molar-refractivity contribution is 9.10. The van der Waals surface area contributed by atoms with Crippen LogP contribution in [-0.4, -0.2) is 20.5 Å². The van der Waals surface area contributed by atoms with Gasteiger partial charge in [0.2, 0.25) is 5.78 Å². The van der Waals surface area contributed by atoms with Crippen LogP contribution in [0.2, 0.25) is 5.02 Å². The molecule has 35 heavy (non-hydrogen) atoms. The highest BCUT2D eigenvalue weighted by Gasteiger charge is 2.26. The van der Waals surface area contributed by atoms with Crippen LogP contribution < -0.4 is 5.73 Å². The Hall–Kier alpha value is -3.26. The van der Waals surface area contributed by atoms with Crippen molar-refractivity contribution < 1.29 is 4.79 Å². The maximum atomic E-state index is 13.6. The topological polar surface area (TPSA) is 73.8 Å². The minimum Gasteiger partial charge on any atom is -0.395 e. The molecule has 5 aromatic rings. The van der Waals surface area contributed by atoms with Gasteiger partial charge < -0.3 is 5.73 Å². The molecular formula is C27H20BrClN4OS. The zero-order valence-electron chi connectivity index (χ0n) is 18.7. The Bertz CT molecular complexity index is 1510. The molecule has 5 nitrogen and oxygen atoms in total. The molecular weight excluding hydrogens is 544 g/mol. The molecule has 0 unspecified atom stereocenters. The molecule has 3 aromatic carbocycles. The summed E-state index contributed by atoms with van der Waals surface area (Å²) in [7, 11) is 0. The lowest BCUT2D eigenvalue weighted by molar-refractivity contribution is 0.103. The zero-order chi connectivity index (χ0) is 24.5. The van der Waals surface area contributed by atoms with Crippen LogP contribution in [0.5, 0.6) is 0 Å². The van der Waals surface area contributed by atoms with Gasteiger partial charge in [-0.3, -0.25) is 4.79 Å². The predicted octanol–water partition coefficient (Wildman–Crippen LogP) is 7.45. The summed E-state index contributed by atoms with van der Waals surface area (Å²) in [6.07, 6.45) is 0.921. The lowest BCUT2D eigenvalue weighted by atomic mass is 10.1. The summed E-state index contributed by atoms with van der Waals surface area (Å²) in [5, 5.41) is 8.03. The molecule has 0 aliphatic rings. The van der Waals surface area contributed by atoms with E-state index in [1.165, 1.54) is 16.9 Å². The van der Waals surface area contributed by atoms with E-state index in [4.69, 9.17) is 27.4 Å². The lowest BCUT2D eigenvalue weighted by Crippen LogP contribution is -2.12. The Balaban J connectivity index is 1.63.